The van der Waals surface area contributed by atoms with E-state index in [-0.39, 0.29) is 18.2 Å². The third kappa shape index (κ3) is 3.12. The number of esters is 1. The van der Waals surface area contributed by atoms with Crippen LogP contribution in [0.15, 0.2) is 48.5 Å². The number of hydrogen-bond acceptors (Lipinski definition) is 4. The van der Waals surface area contributed by atoms with E-state index in [9.17, 15) is 14.4 Å². The molecule has 0 aliphatic carbocycles. The van der Waals surface area contributed by atoms with Crippen LogP contribution in [-0.4, -0.2) is 24.9 Å². The fourth-order valence-corrected chi connectivity index (χ4v) is 2.72. The van der Waals surface area contributed by atoms with E-state index in [1.54, 1.807) is 36.4 Å². The van der Waals surface area contributed by atoms with Crippen LogP contribution in [0.5, 0.6) is 0 Å². The smallest absolute Gasteiger partial charge is 0.337 e. The number of nitrogens with one attached hydrogen (secondary N) is 2. The van der Waals surface area contributed by atoms with Crippen molar-refractivity contribution in [1.29, 1.82) is 0 Å². The van der Waals surface area contributed by atoms with E-state index in [1.165, 1.54) is 7.11 Å². The maximum atomic E-state index is 12.6. The van der Waals surface area contributed by atoms with Gasteiger partial charge in [0, 0.05) is 17.8 Å². The SMILES string of the molecule is COC(=O)c1cccc(NC(=O)C2CC(=O)Nc3ccccc32)c1. The second kappa shape index (κ2) is 6.54. The van der Waals surface area contributed by atoms with Gasteiger partial charge in [0.15, 0.2) is 0 Å². The minimum Gasteiger partial charge on any atom is -0.465 e. The second-order valence-corrected chi connectivity index (χ2v) is 5.45. The van der Waals surface area contributed by atoms with E-state index >= 15 is 0 Å². The molecular formula is C18H16N2O4. The van der Waals surface area contributed by atoms with Crippen LogP contribution in [0.2, 0.25) is 0 Å². The average molecular weight is 324 g/mol. The Morgan fingerprint density at radius 2 is 1.96 bits per heavy atom. The van der Waals surface area contributed by atoms with Crippen LogP contribution in [0, 0.1) is 0 Å². The Morgan fingerprint density at radius 1 is 1.17 bits per heavy atom. The van der Waals surface area contributed by atoms with Gasteiger partial charge in [0.1, 0.15) is 0 Å². The molecule has 1 aliphatic heterocycles. The molecule has 0 saturated heterocycles. The van der Waals surface area contributed by atoms with Crippen LogP contribution in [0.4, 0.5) is 11.4 Å². The van der Waals surface area contributed by atoms with Gasteiger partial charge in [-0.25, -0.2) is 4.79 Å². The van der Waals surface area contributed by atoms with Crippen molar-refractivity contribution in [2.45, 2.75) is 12.3 Å². The van der Waals surface area contributed by atoms with Crippen molar-refractivity contribution in [3.05, 3.63) is 59.7 Å². The van der Waals surface area contributed by atoms with Crippen LogP contribution in [-0.2, 0) is 14.3 Å². The fourth-order valence-electron chi connectivity index (χ4n) is 2.72. The average Bonchev–Trinajstić information content (AvgIpc) is 2.60. The summed E-state index contributed by atoms with van der Waals surface area (Å²) in [5.74, 6) is -1.54. The molecule has 6 nitrogen and oxygen atoms in total. The molecule has 0 aromatic heterocycles. The minimum atomic E-state index is -0.572. The number of methoxy groups -OCH3 is 1. The molecule has 0 spiro atoms. The highest BCUT2D eigenvalue weighted by atomic mass is 16.5. The molecule has 2 aromatic carbocycles. The lowest BCUT2D eigenvalue weighted by Crippen LogP contribution is -2.30. The Bertz CT molecular complexity index is 816. The Hall–Kier alpha value is -3.15. The fraction of sp³-hybridized carbons (Fsp3) is 0.167. The highest BCUT2D eigenvalue weighted by Crippen LogP contribution is 2.32. The number of carbonyl (C=O) groups is 3. The van der Waals surface area contributed by atoms with Gasteiger partial charge in [-0.2, -0.15) is 0 Å². The Labute approximate surface area is 138 Å². The molecular weight excluding hydrogens is 308 g/mol. The van der Waals surface area contributed by atoms with E-state index in [2.05, 4.69) is 15.4 Å². The summed E-state index contributed by atoms with van der Waals surface area (Å²) in [5, 5.41) is 5.53. The molecule has 0 radical (unpaired) electrons. The number of hydrogen-bond donors (Lipinski definition) is 2. The molecule has 6 heteroatoms. The van der Waals surface area contributed by atoms with Crippen LogP contribution in [0.3, 0.4) is 0 Å². The van der Waals surface area contributed by atoms with E-state index < -0.39 is 11.9 Å². The van der Waals surface area contributed by atoms with Gasteiger partial charge >= 0.3 is 5.97 Å². The summed E-state index contributed by atoms with van der Waals surface area (Å²) in [6, 6.07) is 13.7. The van der Waals surface area contributed by atoms with Gasteiger partial charge in [-0.15, -0.1) is 0 Å². The van der Waals surface area contributed by atoms with Crippen LogP contribution in [0.25, 0.3) is 0 Å². The van der Waals surface area contributed by atoms with Crippen LogP contribution < -0.4 is 10.6 Å². The number of ether oxygens (including phenoxy) is 1. The molecule has 1 heterocycles. The van der Waals surface area contributed by atoms with Crippen LogP contribution in [0.1, 0.15) is 28.3 Å². The molecule has 122 valence electrons. The molecule has 2 N–H and O–H groups in total. The Morgan fingerprint density at radius 3 is 2.75 bits per heavy atom. The lowest BCUT2D eigenvalue weighted by atomic mass is 9.90. The molecule has 0 saturated carbocycles. The molecule has 0 fully saturated rings. The number of carbonyl (C=O) groups excluding carboxylic acids is 3. The predicted molar refractivity (Wildman–Crippen MR) is 88.8 cm³/mol. The quantitative estimate of drug-likeness (QED) is 0.850. The highest BCUT2D eigenvalue weighted by molar-refractivity contribution is 6.05. The lowest BCUT2D eigenvalue weighted by Gasteiger charge is -2.24. The van der Waals surface area contributed by atoms with Crippen molar-refractivity contribution in [2.75, 3.05) is 17.7 Å². The molecule has 1 aliphatic rings. The zero-order valence-electron chi connectivity index (χ0n) is 13.0. The van der Waals surface area contributed by atoms with Crippen molar-refractivity contribution in [2.24, 2.45) is 0 Å². The van der Waals surface area contributed by atoms with Gasteiger partial charge in [-0.05, 0) is 29.8 Å². The minimum absolute atomic E-state index is 0.0829. The summed E-state index contributed by atoms with van der Waals surface area (Å²) in [4.78, 5) is 36.0. The zero-order valence-corrected chi connectivity index (χ0v) is 13.0. The highest BCUT2D eigenvalue weighted by Gasteiger charge is 2.30. The molecule has 24 heavy (non-hydrogen) atoms. The first-order valence-corrected chi connectivity index (χ1v) is 7.46. The van der Waals surface area contributed by atoms with Gasteiger partial charge in [-0.1, -0.05) is 24.3 Å². The Balaban J connectivity index is 1.83. The van der Waals surface area contributed by atoms with Gasteiger partial charge in [0.2, 0.25) is 11.8 Å². The standard InChI is InChI=1S/C18H16N2O4/c1-24-18(23)11-5-4-6-12(9-11)19-17(22)14-10-16(21)20-15-8-3-2-7-13(14)15/h2-9,14H,10H2,1H3,(H,19,22)(H,20,21). The number of amides is 2. The van der Waals surface area contributed by atoms with E-state index in [0.717, 1.165) is 5.56 Å². The largest absolute Gasteiger partial charge is 0.465 e. The second-order valence-electron chi connectivity index (χ2n) is 5.45. The van der Waals surface area contributed by atoms with Crippen molar-refractivity contribution < 1.29 is 19.1 Å². The molecule has 0 bridgehead atoms. The summed E-state index contributed by atoms with van der Waals surface area (Å²) in [6.45, 7) is 0. The summed E-state index contributed by atoms with van der Waals surface area (Å²) in [5.41, 5.74) is 2.25. The zero-order chi connectivity index (χ0) is 17.1. The molecule has 1 atom stereocenters. The topological polar surface area (TPSA) is 84.5 Å². The number of rotatable bonds is 3. The van der Waals surface area contributed by atoms with E-state index in [4.69, 9.17) is 0 Å². The predicted octanol–water partition coefficient (Wildman–Crippen LogP) is 2.54. The number of fused-ring (bicyclic) bond motifs is 1. The maximum absolute atomic E-state index is 12.6. The third-order valence-corrected chi connectivity index (χ3v) is 3.87. The van der Waals surface area contributed by atoms with Crippen molar-refractivity contribution in [1.82, 2.24) is 0 Å². The lowest BCUT2D eigenvalue weighted by molar-refractivity contribution is -0.123. The normalized spacial score (nSPS) is 15.9. The summed E-state index contributed by atoms with van der Waals surface area (Å²) in [7, 11) is 1.30. The van der Waals surface area contributed by atoms with E-state index in [1.807, 2.05) is 12.1 Å². The Kier molecular flexibility index (Phi) is 4.29. The first-order chi connectivity index (χ1) is 11.6. The molecule has 2 amide bonds. The molecule has 1 unspecified atom stereocenters. The van der Waals surface area contributed by atoms with Crippen LogP contribution >= 0.6 is 0 Å². The number of para-hydroxylation sites is 1. The summed E-state index contributed by atoms with van der Waals surface area (Å²) >= 11 is 0. The third-order valence-electron chi connectivity index (χ3n) is 3.87. The summed E-state index contributed by atoms with van der Waals surface area (Å²) in [6.07, 6.45) is 0.0829. The molecule has 3 rings (SSSR count). The summed E-state index contributed by atoms with van der Waals surface area (Å²) < 4.78 is 4.67. The van der Waals surface area contributed by atoms with E-state index in [0.29, 0.717) is 16.9 Å². The van der Waals surface area contributed by atoms with Gasteiger partial charge in [0.25, 0.3) is 0 Å². The van der Waals surface area contributed by atoms with Gasteiger partial charge in [0.05, 0.1) is 18.6 Å². The van der Waals surface area contributed by atoms with Gasteiger partial charge in [-0.3, -0.25) is 9.59 Å². The van der Waals surface area contributed by atoms with Crippen molar-refractivity contribution >= 4 is 29.2 Å². The maximum Gasteiger partial charge on any atom is 0.337 e. The van der Waals surface area contributed by atoms with Crippen molar-refractivity contribution in [3.63, 3.8) is 0 Å². The molecule has 2 aromatic rings. The van der Waals surface area contributed by atoms with Gasteiger partial charge < -0.3 is 15.4 Å². The first kappa shape index (κ1) is 15.7. The first-order valence-electron chi connectivity index (χ1n) is 7.46. The van der Waals surface area contributed by atoms with Crippen molar-refractivity contribution in [3.8, 4) is 0 Å². The number of anilines is 2. The monoisotopic (exact) mass is 324 g/mol. The number of benzene rings is 2.